The zero-order chi connectivity index (χ0) is 4.24. The maximum absolute atomic E-state index is 3.78. The molecule has 0 saturated heterocycles. The quantitative estimate of drug-likeness (QED) is 0.437. The summed E-state index contributed by atoms with van der Waals surface area (Å²) < 4.78 is 0. The molecule has 0 aliphatic carbocycles. The van der Waals surface area contributed by atoms with Crippen LogP contribution >= 0.6 is 0 Å². The van der Waals surface area contributed by atoms with Gasteiger partial charge < -0.3 is 0 Å². The van der Waals surface area contributed by atoms with Gasteiger partial charge in [-0.15, -0.1) is 0 Å². The number of hydrogen-bond donors (Lipinski definition) is 0. The molecular weight excluding hydrogens is 72.9 g/mol. The van der Waals surface area contributed by atoms with Crippen molar-refractivity contribution in [2.75, 3.05) is 0 Å². The monoisotopic (exact) mass is 77.0 g/mol. The van der Waals surface area contributed by atoms with Gasteiger partial charge in [-0.05, 0) is 0 Å². The average molecular weight is 76.9 g/mol. The molecule has 1 rings (SSSR count). The molecule has 1 aromatic heterocycles. The van der Waals surface area contributed by atoms with Gasteiger partial charge in [-0.2, -0.15) is 0 Å². The van der Waals surface area contributed by atoms with Crippen LogP contribution in [0.25, 0.3) is 0 Å². The first-order valence-electron chi connectivity index (χ1n) is 1.85. The average Bonchev–Trinajstić information content (AvgIpc) is 1.72. The molecule has 0 radical (unpaired) electrons. The van der Waals surface area contributed by atoms with Crippen molar-refractivity contribution in [1.29, 1.82) is 0 Å². The van der Waals surface area contributed by atoms with Crippen LogP contribution in [-0.4, -0.2) is 11.9 Å². The van der Waals surface area contributed by atoms with Gasteiger partial charge in [0, 0.05) is 0 Å². The van der Waals surface area contributed by atoms with Crippen LogP contribution in [0.5, 0.6) is 0 Å². The molecule has 0 N–H and O–H groups in total. The maximum atomic E-state index is 3.78. The molecule has 28 valence electrons. The van der Waals surface area contributed by atoms with Crippen molar-refractivity contribution < 1.29 is 0 Å². The SMILES string of the molecule is b1ccncc1. The van der Waals surface area contributed by atoms with Crippen molar-refractivity contribution in [2.24, 2.45) is 0 Å². The summed E-state index contributed by atoms with van der Waals surface area (Å²) in [5.41, 5.74) is 0. The Bertz CT molecular complexity index is 79.5. The molecule has 0 spiro atoms. The Labute approximate surface area is 37.3 Å². The number of aromatic nitrogens is 1. The standard InChI is InChI=1S/C4H4BN/c1-3-6-4-2-5-1/h1-4H. The second-order valence-electron chi connectivity index (χ2n) is 1.02. The third-order valence-corrected chi connectivity index (χ3v) is 0.566. The van der Waals surface area contributed by atoms with Crippen LogP contribution in [0.2, 0.25) is 0 Å². The van der Waals surface area contributed by atoms with Crippen molar-refractivity contribution in [3.8, 4) is 0 Å². The van der Waals surface area contributed by atoms with E-state index in [0.29, 0.717) is 0 Å². The number of rotatable bonds is 0. The number of nitrogens with zero attached hydrogens (tertiary/aromatic N) is 1. The van der Waals surface area contributed by atoms with E-state index >= 15 is 0 Å². The first-order chi connectivity index (χ1) is 3.00. The Balaban J connectivity index is 3.00. The van der Waals surface area contributed by atoms with E-state index in [1.807, 2.05) is 18.8 Å². The zero-order valence-corrected chi connectivity index (χ0v) is 3.33. The fourth-order valence-electron chi connectivity index (χ4n) is 0.313. The minimum absolute atomic E-state index is 1.75. The molecule has 2 heteroatoms. The van der Waals surface area contributed by atoms with Gasteiger partial charge in [-0.25, -0.2) is 0 Å². The van der Waals surface area contributed by atoms with Crippen LogP contribution in [0.1, 0.15) is 0 Å². The molecule has 0 bridgehead atoms. The molecule has 0 aliphatic heterocycles. The molecule has 1 aromatic rings. The van der Waals surface area contributed by atoms with E-state index in [4.69, 9.17) is 0 Å². The minimum atomic E-state index is 1.75. The molecular formula is C4H4BN. The Kier molecular flexibility index (Phi) is 1.00. The summed E-state index contributed by atoms with van der Waals surface area (Å²) in [6, 6.07) is 0. The molecule has 1 nitrogen and oxygen atoms in total. The van der Waals surface area contributed by atoms with Gasteiger partial charge in [0.15, 0.2) is 0 Å². The van der Waals surface area contributed by atoms with E-state index < -0.39 is 0 Å². The van der Waals surface area contributed by atoms with Crippen LogP contribution in [0, 0.1) is 0 Å². The third kappa shape index (κ3) is 0.644. The summed E-state index contributed by atoms with van der Waals surface area (Å²) >= 11 is 0. The van der Waals surface area contributed by atoms with Gasteiger partial charge in [0.1, 0.15) is 0 Å². The summed E-state index contributed by atoms with van der Waals surface area (Å²) in [7, 11) is 0. The molecule has 0 amide bonds. The zero-order valence-electron chi connectivity index (χ0n) is 3.33. The van der Waals surface area contributed by atoms with Gasteiger partial charge in [0.2, 0.25) is 0 Å². The second kappa shape index (κ2) is 1.70. The molecule has 0 saturated carbocycles. The molecule has 0 atom stereocenters. The third-order valence-electron chi connectivity index (χ3n) is 0.566. The van der Waals surface area contributed by atoms with Crippen molar-refractivity contribution in [1.82, 2.24) is 4.98 Å². The summed E-state index contributed by atoms with van der Waals surface area (Å²) in [4.78, 5) is 3.78. The fourth-order valence-corrected chi connectivity index (χ4v) is 0.313. The molecule has 0 aromatic carbocycles. The Hall–Kier alpha value is -0.655. The first kappa shape index (κ1) is 3.53. The Morgan fingerprint density at radius 1 is 1.17 bits per heavy atom. The summed E-state index contributed by atoms with van der Waals surface area (Å²) in [5.74, 6) is 3.78. The van der Waals surface area contributed by atoms with E-state index in [1.165, 1.54) is 0 Å². The van der Waals surface area contributed by atoms with Crippen LogP contribution in [0.15, 0.2) is 24.3 Å². The summed E-state index contributed by atoms with van der Waals surface area (Å²) in [5, 5.41) is 0. The second-order valence-corrected chi connectivity index (χ2v) is 1.02. The van der Waals surface area contributed by atoms with Gasteiger partial charge in [-0.3, -0.25) is 0 Å². The molecule has 1 heterocycles. The van der Waals surface area contributed by atoms with Gasteiger partial charge in [0.05, 0.1) is 0 Å². The summed E-state index contributed by atoms with van der Waals surface area (Å²) in [6.45, 7) is 1.94. The molecule has 0 aliphatic rings. The first-order valence-corrected chi connectivity index (χ1v) is 1.85. The van der Waals surface area contributed by atoms with Crippen LogP contribution in [-0.2, 0) is 0 Å². The van der Waals surface area contributed by atoms with Crippen LogP contribution < -0.4 is 0 Å². The van der Waals surface area contributed by atoms with E-state index in [9.17, 15) is 0 Å². The van der Waals surface area contributed by atoms with Gasteiger partial charge in [0.25, 0.3) is 0 Å². The molecule has 0 fully saturated rings. The predicted molar refractivity (Wildman–Crippen MR) is 25.6 cm³/mol. The topological polar surface area (TPSA) is 12.9 Å². The van der Waals surface area contributed by atoms with Crippen molar-refractivity contribution in [3.05, 3.63) is 24.3 Å². The normalized spacial score (nSPS) is 7.33. The number of hydrogen-bond acceptors (Lipinski definition) is 1. The predicted octanol–water partition coefficient (Wildman–Crippen LogP) is 0.420. The van der Waals surface area contributed by atoms with Gasteiger partial charge in [-0.1, -0.05) is 0 Å². The van der Waals surface area contributed by atoms with Crippen molar-refractivity contribution in [3.63, 3.8) is 0 Å². The molecule has 0 unspecified atom stereocenters. The molecule has 6 heavy (non-hydrogen) atoms. The van der Waals surface area contributed by atoms with E-state index in [2.05, 4.69) is 4.98 Å². The van der Waals surface area contributed by atoms with E-state index in [-0.39, 0.29) is 0 Å². The van der Waals surface area contributed by atoms with Crippen molar-refractivity contribution in [2.45, 2.75) is 0 Å². The van der Waals surface area contributed by atoms with Gasteiger partial charge >= 0.3 is 36.2 Å². The van der Waals surface area contributed by atoms with Crippen molar-refractivity contribution >= 4 is 6.91 Å². The Morgan fingerprint density at radius 2 is 1.83 bits per heavy atom. The fraction of sp³-hybridized carbons (Fsp3) is 0. The Morgan fingerprint density at radius 3 is 2.00 bits per heavy atom. The van der Waals surface area contributed by atoms with Crippen LogP contribution in [0.3, 0.4) is 0 Å². The summed E-state index contributed by atoms with van der Waals surface area (Å²) in [6.07, 6.45) is 3.50. The van der Waals surface area contributed by atoms with E-state index in [1.54, 1.807) is 12.4 Å². The van der Waals surface area contributed by atoms with E-state index in [0.717, 1.165) is 0 Å². The van der Waals surface area contributed by atoms with Crippen LogP contribution in [0.4, 0.5) is 0 Å².